The van der Waals surface area contributed by atoms with Crippen LogP contribution in [0.2, 0.25) is 0 Å². The Labute approximate surface area is 248 Å². The van der Waals surface area contributed by atoms with Gasteiger partial charge in [-0.2, -0.15) is 0 Å². The van der Waals surface area contributed by atoms with Crippen LogP contribution in [0.25, 0.3) is 38.6 Å². The fourth-order valence-corrected chi connectivity index (χ4v) is 7.69. The van der Waals surface area contributed by atoms with E-state index in [-0.39, 0.29) is 0 Å². The molecule has 0 bridgehead atoms. The highest BCUT2D eigenvalue weighted by Gasteiger charge is 2.24. The topological polar surface area (TPSA) is 8.17 Å². The summed E-state index contributed by atoms with van der Waals surface area (Å²) < 4.78 is 3.52. The lowest BCUT2D eigenvalue weighted by molar-refractivity contribution is 0.665. The highest BCUT2D eigenvalue weighted by molar-refractivity contribution is 9.10. The first-order valence-corrected chi connectivity index (χ1v) is 15.8. The van der Waals surface area contributed by atoms with E-state index in [1.807, 2.05) is 11.8 Å². The van der Waals surface area contributed by atoms with Gasteiger partial charge in [-0.25, -0.2) is 0 Å². The van der Waals surface area contributed by atoms with Crippen LogP contribution >= 0.6 is 27.7 Å². The van der Waals surface area contributed by atoms with Crippen molar-refractivity contribution in [1.29, 1.82) is 0 Å². The van der Waals surface area contributed by atoms with Gasteiger partial charge >= 0.3 is 0 Å². The summed E-state index contributed by atoms with van der Waals surface area (Å²) in [4.78, 5) is 5.16. The maximum Gasteiger partial charge on any atom is 0.0553 e. The molecule has 0 N–H and O–H groups in total. The Hall–Kier alpha value is -3.47. The molecule has 0 aliphatic carbocycles. The number of unbranched alkanes of at least 4 members (excludes halogenated alkanes) is 3. The second kappa shape index (κ2) is 10.8. The summed E-state index contributed by atoms with van der Waals surface area (Å²) in [5, 5.41) is 2.58. The Bertz CT molecular complexity index is 1800. The molecule has 6 aromatic rings. The Kier molecular flexibility index (Phi) is 6.91. The molecule has 0 amide bonds. The number of aromatic nitrogens is 1. The van der Waals surface area contributed by atoms with Crippen molar-refractivity contribution in [2.75, 3.05) is 11.4 Å². The highest BCUT2D eigenvalue weighted by atomic mass is 79.9. The van der Waals surface area contributed by atoms with Gasteiger partial charge in [0.05, 0.1) is 22.4 Å². The van der Waals surface area contributed by atoms with Crippen molar-refractivity contribution in [3.8, 4) is 16.8 Å². The van der Waals surface area contributed by atoms with Crippen LogP contribution in [0.1, 0.15) is 32.6 Å². The zero-order valence-electron chi connectivity index (χ0n) is 22.6. The second-order valence-corrected chi connectivity index (χ2v) is 12.5. The number of hydrogen-bond donors (Lipinski definition) is 0. The van der Waals surface area contributed by atoms with Crippen molar-refractivity contribution in [3.63, 3.8) is 0 Å². The molecule has 1 aromatic heterocycles. The molecule has 2 heterocycles. The Morgan fingerprint density at radius 3 is 2.05 bits per heavy atom. The van der Waals surface area contributed by atoms with Gasteiger partial charge in [0, 0.05) is 37.3 Å². The second-order valence-electron chi connectivity index (χ2n) is 10.5. The van der Waals surface area contributed by atoms with E-state index in [1.54, 1.807) is 0 Å². The van der Waals surface area contributed by atoms with Crippen molar-refractivity contribution in [1.82, 2.24) is 4.57 Å². The number of halogens is 1. The van der Waals surface area contributed by atoms with Gasteiger partial charge in [0.1, 0.15) is 0 Å². The zero-order valence-corrected chi connectivity index (χ0v) is 25.0. The molecular formula is C36H31BrN2S. The van der Waals surface area contributed by atoms with E-state index in [4.69, 9.17) is 0 Å². The predicted octanol–water partition coefficient (Wildman–Crippen LogP) is 11.4. The first kappa shape index (κ1) is 25.5. The molecule has 0 saturated heterocycles. The standard InChI is InChI=1S/C36H31BrN2S/c1-2-3-4-9-21-38-33-19-17-26(23-35(33)40-36-24-27(37)18-20-34(36)38)25-11-10-12-28(22-25)39-31-15-7-5-13-29(31)30-14-6-8-16-32(30)39/h5-8,10-20,22-24H,2-4,9,21H2,1H3. The lowest BCUT2D eigenvalue weighted by Crippen LogP contribution is -2.22. The summed E-state index contributed by atoms with van der Waals surface area (Å²) in [6.45, 7) is 3.32. The lowest BCUT2D eigenvalue weighted by atomic mass is 10.0. The number of benzene rings is 5. The van der Waals surface area contributed by atoms with Crippen molar-refractivity contribution in [3.05, 3.63) is 114 Å². The third-order valence-corrected chi connectivity index (χ3v) is 9.52. The van der Waals surface area contributed by atoms with E-state index >= 15 is 0 Å². The van der Waals surface area contributed by atoms with E-state index in [0.29, 0.717) is 0 Å². The fourth-order valence-electron chi connectivity index (χ4n) is 6.00. The van der Waals surface area contributed by atoms with Gasteiger partial charge in [-0.05, 0) is 72.1 Å². The number of hydrogen-bond acceptors (Lipinski definition) is 2. The maximum atomic E-state index is 3.70. The molecule has 1 aliphatic heterocycles. The number of anilines is 2. The molecular weight excluding hydrogens is 572 g/mol. The van der Waals surface area contributed by atoms with Crippen LogP contribution in [0.3, 0.4) is 0 Å². The Morgan fingerprint density at radius 2 is 1.30 bits per heavy atom. The first-order chi connectivity index (χ1) is 19.7. The Balaban J connectivity index is 1.29. The monoisotopic (exact) mass is 602 g/mol. The normalized spacial score (nSPS) is 12.6. The van der Waals surface area contributed by atoms with Crippen LogP contribution in [0, 0.1) is 0 Å². The van der Waals surface area contributed by atoms with E-state index in [2.05, 4.69) is 142 Å². The SMILES string of the molecule is CCCCCCN1c2ccc(Br)cc2Sc2cc(-c3cccc(-n4c5ccccc5c5ccccc54)c3)ccc21. The average molecular weight is 604 g/mol. The quantitative estimate of drug-likeness (QED) is 0.168. The molecule has 0 fully saturated rings. The summed E-state index contributed by atoms with van der Waals surface area (Å²) in [5.74, 6) is 0. The molecule has 1 aliphatic rings. The molecule has 0 radical (unpaired) electrons. The largest absolute Gasteiger partial charge is 0.340 e. The number of para-hydroxylation sites is 2. The summed E-state index contributed by atoms with van der Waals surface area (Å²) in [7, 11) is 0. The molecule has 0 atom stereocenters. The summed E-state index contributed by atoms with van der Waals surface area (Å²) >= 11 is 5.58. The van der Waals surface area contributed by atoms with Gasteiger partial charge in [-0.15, -0.1) is 0 Å². The van der Waals surface area contributed by atoms with Crippen LogP contribution in [0.4, 0.5) is 11.4 Å². The van der Waals surface area contributed by atoms with E-state index in [1.165, 1.54) is 85.5 Å². The summed E-state index contributed by atoms with van der Waals surface area (Å²) in [6.07, 6.45) is 5.03. The predicted molar refractivity (Wildman–Crippen MR) is 176 cm³/mol. The van der Waals surface area contributed by atoms with Crippen LogP contribution < -0.4 is 4.90 Å². The third-order valence-electron chi connectivity index (χ3n) is 7.94. The number of nitrogens with zero attached hydrogens (tertiary/aromatic N) is 2. The minimum atomic E-state index is 1.05. The van der Waals surface area contributed by atoms with Crippen LogP contribution in [0.15, 0.2) is 123 Å². The van der Waals surface area contributed by atoms with Gasteiger partial charge in [0.15, 0.2) is 0 Å². The molecule has 0 unspecified atom stereocenters. The fraction of sp³-hybridized carbons (Fsp3) is 0.167. The van der Waals surface area contributed by atoms with Gasteiger partial charge in [0.2, 0.25) is 0 Å². The molecule has 5 aromatic carbocycles. The lowest BCUT2D eigenvalue weighted by Gasteiger charge is -2.33. The molecule has 0 saturated carbocycles. The minimum absolute atomic E-state index is 1.05. The summed E-state index contributed by atoms with van der Waals surface area (Å²) in [5.41, 5.74) is 8.78. The number of fused-ring (bicyclic) bond motifs is 5. The minimum Gasteiger partial charge on any atom is -0.340 e. The van der Waals surface area contributed by atoms with Crippen LogP contribution in [-0.4, -0.2) is 11.1 Å². The van der Waals surface area contributed by atoms with Crippen molar-refractivity contribution < 1.29 is 0 Å². The van der Waals surface area contributed by atoms with E-state index in [0.717, 1.165) is 11.0 Å². The van der Waals surface area contributed by atoms with Gasteiger partial charge in [0.25, 0.3) is 0 Å². The highest BCUT2D eigenvalue weighted by Crippen LogP contribution is 2.50. The van der Waals surface area contributed by atoms with Crippen LogP contribution in [0.5, 0.6) is 0 Å². The van der Waals surface area contributed by atoms with Crippen LogP contribution in [-0.2, 0) is 0 Å². The molecule has 198 valence electrons. The Morgan fingerprint density at radius 1 is 0.625 bits per heavy atom. The first-order valence-electron chi connectivity index (χ1n) is 14.2. The third kappa shape index (κ3) is 4.53. The molecule has 7 rings (SSSR count). The van der Waals surface area contributed by atoms with Crippen molar-refractivity contribution in [2.24, 2.45) is 0 Å². The van der Waals surface area contributed by atoms with Gasteiger partial charge in [-0.3, -0.25) is 0 Å². The van der Waals surface area contributed by atoms with Gasteiger partial charge in [-0.1, -0.05) is 108 Å². The number of rotatable bonds is 7. The van der Waals surface area contributed by atoms with E-state index in [9.17, 15) is 0 Å². The maximum absolute atomic E-state index is 3.70. The smallest absolute Gasteiger partial charge is 0.0553 e. The van der Waals surface area contributed by atoms with Gasteiger partial charge < -0.3 is 9.47 Å². The molecule has 0 spiro atoms. The van der Waals surface area contributed by atoms with E-state index < -0.39 is 0 Å². The molecule has 4 heteroatoms. The van der Waals surface area contributed by atoms with Crippen molar-refractivity contribution in [2.45, 2.75) is 42.4 Å². The molecule has 2 nitrogen and oxygen atoms in total. The molecule has 40 heavy (non-hydrogen) atoms. The van der Waals surface area contributed by atoms with Crippen molar-refractivity contribution >= 4 is 60.9 Å². The summed E-state index contributed by atoms with van der Waals surface area (Å²) in [6, 6.07) is 40.1. The average Bonchev–Trinajstić information content (AvgIpc) is 3.33. The zero-order chi connectivity index (χ0) is 27.1.